The molecular weight excluding hydrogens is 412 g/mol. The third-order valence-electron chi connectivity index (χ3n) is 4.63. The van der Waals surface area contributed by atoms with Crippen molar-refractivity contribution in [2.45, 2.75) is 13.3 Å². The Morgan fingerprint density at radius 2 is 1.65 bits per heavy atom. The summed E-state index contributed by atoms with van der Waals surface area (Å²) in [5.74, 6) is 0. The summed E-state index contributed by atoms with van der Waals surface area (Å²) < 4.78 is 0. The summed E-state index contributed by atoms with van der Waals surface area (Å²) in [5, 5.41) is 9.06. The van der Waals surface area contributed by atoms with Crippen molar-refractivity contribution < 1.29 is 9.59 Å². The van der Waals surface area contributed by atoms with Gasteiger partial charge in [-0.2, -0.15) is 0 Å². The Balaban J connectivity index is 1.56. The number of amides is 4. The summed E-state index contributed by atoms with van der Waals surface area (Å²) in [6.07, 6.45) is 0.582. The van der Waals surface area contributed by atoms with Crippen molar-refractivity contribution in [2.75, 3.05) is 28.6 Å². The molecule has 0 atom stereocenters. The zero-order chi connectivity index (χ0) is 22.1. The van der Waals surface area contributed by atoms with Gasteiger partial charge in [0.2, 0.25) is 0 Å². The zero-order valence-electron chi connectivity index (χ0n) is 17.3. The summed E-state index contributed by atoms with van der Waals surface area (Å²) in [6, 6.07) is 23.5. The largest absolute Gasteiger partial charge is 0.338 e. The Bertz CT molecular complexity index is 1030. The number of urea groups is 2. The van der Waals surface area contributed by atoms with Crippen LogP contribution in [0.5, 0.6) is 0 Å². The van der Waals surface area contributed by atoms with Crippen LogP contribution in [0.1, 0.15) is 12.0 Å². The van der Waals surface area contributed by atoms with Gasteiger partial charge >= 0.3 is 12.1 Å². The van der Waals surface area contributed by atoms with E-state index in [0.717, 1.165) is 16.9 Å². The van der Waals surface area contributed by atoms with E-state index < -0.39 is 0 Å². The maximum atomic E-state index is 13.0. The lowest BCUT2D eigenvalue weighted by Crippen LogP contribution is -2.38. The van der Waals surface area contributed by atoms with Gasteiger partial charge in [0.05, 0.1) is 0 Å². The van der Waals surface area contributed by atoms with Crippen LogP contribution in [0.3, 0.4) is 0 Å². The first kappa shape index (κ1) is 22.2. The van der Waals surface area contributed by atoms with Gasteiger partial charge in [-0.15, -0.1) is 0 Å². The number of carbonyl (C=O) groups excluding carboxylic acids is 2. The van der Waals surface area contributed by atoms with Gasteiger partial charge in [0.25, 0.3) is 0 Å². The molecule has 0 heterocycles. The van der Waals surface area contributed by atoms with E-state index >= 15 is 0 Å². The Morgan fingerprint density at radius 3 is 2.39 bits per heavy atom. The molecule has 0 aromatic heterocycles. The number of nitrogens with zero attached hydrogens (tertiary/aromatic N) is 1. The van der Waals surface area contributed by atoms with Gasteiger partial charge in [0.1, 0.15) is 0 Å². The van der Waals surface area contributed by atoms with Gasteiger partial charge in [0, 0.05) is 35.2 Å². The summed E-state index contributed by atoms with van der Waals surface area (Å²) in [6.45, 7) is 2.80. The molecule has 0 radical (unpaired) electrons. The van der Waals surface area contributed by atoms with Gasteiger partial charge in [-0.25, -0.2) is 9.59 Å². The molecule has 0 unspecified atom stereocenters. The molecule has 0 spiro atoms. The van der Waals surface area contributed by atoms with Crippen LogP contribution in [0.4, 0.5) is 26.7 Å². The third-order valence-corrected chi connectivity index (χ3v) is 4.86. The van der Waals surface area contributed by atoms with Crippen molar-refractivity contribution in [3.8, 4) is 0 Å². The number of para-hydroxylation sites is 2. The predicted octanol–water partition coefficient (Wildman–Crippen LogP) is 5.90. The number of rotatable bonds is 7. The smallest absolute Gasteiger partial charge is 0.326 e. The van der Waals surface area contributed by atoms with Gasteiger partial charge in [-0.05, 0) is 55.3 Å². The highest BCUT2D eigenvalue weighted by Gasteiger charge is 2.16. The Labute approximate surface area is 187 Å². The van der Waals surface area contributed by atoms with E-state index in [0.29, 0.717) is 30.2 Å². The monoisotopic (exact) mass is 436 g/mol. The summed E-state index contributed by atoms with van der Waals surface area (Å²) in [4.78, 5) is 26.7. The lowest BCUT2D eigenvalue weighted by Gasteiger charge is -2.24. The second-order valence-corrected chi connectivity index (χ2v) is 7.41. The van der Waals surface area contributed by atoms with Crippen LogP contribution in [0.2, 0.25) is 5.02 Å². The number of carbonyl (C=O) groups is 2. The summed E-state index contributed by atoms with van der Waals surface area (Å²) >= 11 is 5.93. The van der Waals surface area contributed by atoms with Gasteiger partial charge in [-0.1, -0.05) is 54.1 Å². The number of nitrogens with one attached hydrogen (secondary N) is 3. The number of halogens is 1. The zero-order valence-corrected chi connectivity index (χ0v) is 18.0. The average Bonchev–Trinajstić information content (AvgIpc) is 2.76. The van der Waals surface area contributed by atoms with Crippen molar-refractivity contribution in [2.24, 2.45) is 0 Å². The molecule has 0 saturated carbocycles. The van der Waals surface area contributed by atoms with E-state index in [1.807, 2.05) is 61.5 Å². The van der Waals surface area contributed by atoms with Crippen molar-refractivity contribution in [1.82, 2.24) is 5.32 Å². The highest BCUT2D eigenvalue weighted by Crippen LogP contribution is 2.18. The minimum Gasteiger partial charge on any atom is -0.338 e. The number of hydrogen-bond donors (Lipinski definition) is 3. The molecule has 160 valence electrons. The third kappa shape index (κ3) is 6.76. The van der Waals surface area contributed by atoms with Crippen LogP contribution in [-0.4, -0.2) is 25.2 Å². The summed E-state index contributed by atoms with van der Waals surface area (Å²) in [5.41, 5.74) is 3.17. The molecule has 3 aromatic rings. The maximum Gasteiger partial charge on any atom is 0.326 e. The molecule has 6 nitrogen and oxygen atoms in total. The fourth-order valence-corrected chi connectivity index (χ4v) is 3.22. The van der Waals surface area contributed by atoms with Crippen molar-refractivity contribution in [3.05, 3.63) is 89.4 Å². The quantitative estimate of drug-likeness (QED) is 0.403. The molecular formula is C24H25ClN4O2. The van der Waals surface area contributed by atoms with Crippen molar-refractivity contribution in [3.63, 3.8) is 0 Å². The highest BCUT2D eigenvalue weighted by molar-refractivity contribution is 6.30. The van der Waals surface area contributed by atoms with E-state index in [2.05, 4.69) is 16.0 Å². The fraction of sp³-hybridized carbons (Fsp3) is 0.167. The van der Waals surface area contributed by atoms with Gasteiger partial charge < -0.3 is 16.0 Å². The standard InChI is InChI=1S/C24H25ClN4O2/c1-18-9-5-6-14-22(18)28-24(31)29(21-12-3-2-4-13-21)16-8-15-26-23(30)27-20-11-7-10-19(25)17-20/h2-7,9-14,17H,8,15-16H2,1H3,(H,28,31)(H2,26,27,30). The van der Waals surface area contributed by atoms with E-state index in [1.54, 1.807) is 29.2 Å². The molecule has 3 N–H and O–H groups in total. The van der Waals surface area contributed by atoms with E-state index in [1.165, 1.54) is 0 Å². The van der Waals surface area contributed by atoms with E-state index in [-0.39, 0.29) is 12.1 Å². The maximum absolute atomic E-state index is 13.0. The molecule has 0 fully saturated rings. The lowest BCUT2D eigenvalue weighted by molar-refractivity contribution is 0.252. The minimum atomic E-state index is -0.321. The van der Waals surface area contributed by atoms with Gasteiger partial charge in [0.15, 0.2) is 0 Å². The molecule has 4 amide bonds. The first-order chi connectivity index (χ1) is 15.0. The fourth-order valence-electron chi connectivity index (χ4n) is 3.03. The number of benzene rings is 3. The average molecular weight is 437 g/mol. The first-order valence-corrected chi connectivity index (χ1v) is 10.4. The second kappa shape index (κ2) is 11.0. The first-order valence-electron chi connectivity index (χ1n) is 10.0. The lowest BCUT2D eigenvalue weighted by atomic mass is 10.2. The van der Waals surface area contributed by atoms with Crippen molar-refractivity contribution in [1.29, 1.82) is 0 Å². The van der Waals surface area contributed by atoms with Gasteiger partial charge in [-0.3, -0.25) is 4.90 Å². The van der Waals surface area contributed by atoms with Crippen LogP contribution < -0.4 is 20.9 Å². The number of anilines is 3. The molecule has 3 aromatic carbocycles. The Hall–Kier alpha value is -3.51. The molecule has 0 saturated heterocycles. The van der Waals surface area contributed by atoms with Crippen molar-refractivity contribution >= 4 is 40.7 Å². The molecule has 31 heavy (non-hydrogen) atoms. The normalized spacial score (nSPS) is 10.3. The second-order valence-electron chi connectivity index (χ2n) is 6.98. The Kier molecular flexibility index (Phi) is 7.90. The van der Waals surface area contributed by atoms with E-state index in [9.17, 15) is 9.59 Å². The minimum absolute atomic E-state index is 0.219. The number of aryl methyl sites for hydroxylation is 1. The molecule has 0 aliphatic rings. The molecule has 0 aliphatic carbocycles. The Morgan fingerprint density at radius 1 is 0.903 bits per heavy atom. The highest BCUT2D eigenvalue weighted by atomic mass is 35.5. The van der Waals surface area contributed by atoms with Crippen LogP contribution in [0, 0.1) is 6.92 Å². The van der Waals surface area contributed by atoms with Crippen LogP contribution >= 0.6 is 11.6 Å². The van der Waals surface area contributed by atoms with Crippen LogP contribution in [0.25, 0.3) is 0 Å². The predicted molar refractivity (Wildman–Crippen MR) is 127 cm³/mol. The number of hydrogen-bond acceptors (Lipinski definition) is 2. The molecule has 0 aliphatic heterocycles. The molecule has 7 heteroatoms. The van der Waals surface area contributed by atoms with E-state index in [4.69, 9.17) is 11.6 Å². The van der Waals surface area contributed by atoms with Crippen LogP contribution in [-0.2, 0) is 0 Å². The molecule has 3 rings (SSSR count). The summed E-state index contributed by atoms with van der Waals surface area (Å²) in [7, 11) is 0. The topological polar surface area (TPSA) is 73.5 Å². The SMILES string of the molecule is Cc1ccccc1NC(=O)N(CCCNC(=O)Nc1cccc(Cl)c1)c1ccccc1. The molecule has 0 bridgehead atoms. The van der Waals surface area contributed by atoms with Crippen LogP contribution in [0.15, 0.2) is 78.9 Å².